The molecule has 2 rings (SSSR count). The molecule has 1 aromatic carbocycles. The van der Waals surface area contributed by atoms with Gasteiger partial charge in [-0.25, -0.2) is 0 Å². The lowest BCUT2D eigenvalue weighted by molar-refractivity contribution is 0.101. The van der Waals surface area contributed by atoms with Gasteiger partial charge in [0.05, 0.1) is 0 Å². The van der Waals surface area contributed by atoms with Crippen LogP contribution in [0.2, 0.25) is 0 Å². The Hall–Kier alpha value is -0.820. The molecule has 0 bridgehead atoms. The molecule has 1 aromatic rings. The Balaban J connectivity index is 2.32. The Bertz CT molecular complexity index is 461. The van der Waals surface area contributed by atoms with E-state index in [1.54, 1.807) is 0 Å². The number of nitrogens with one attached hydrogen (secondary N) is 1. The van der Waals surface area contributed by atoms with Gasteiger partial charge in [0.1, 0.15) is 0 Å². The van der Waals surface area contributed by atoms with Gasteiger partial charge < -0.3 is 5.32 Å². The first-order valence-electron chi connectivity index (χ1n) is 8.82. The van der Waals surface area contributed by atoms with Crippen molar-refractivity contribution in [2.75, 3.05) is 7.05 Å². The second-order valence-corrected chi connectivity index (χ2v) is 7.34. The summed E-state index contributed by atoms with van der Waals surface area (Å²) >= 11 is 0. The van der Waals surface area contributed by atoms with E-state index in [4.69, 9.17) is 0 Å². The molecule has 1 nitrogen and oxygen atoms in total. The molecular formula is C20H33N. The molecule has 1 aliphatic rings. The third-order valence-corrected chi connectivity index (χ3v) is 5.65. The summed E-state index contributed by atoms with van der Waals surface area (Å²) in [6.07, 6.45) is 7.79. The summed E-state index contributed by atoms with van der Waals surface area (Å²) in [6.45, 7) is 9.45. The SMILES string of the molecule is CCc1ccc(C(NC)C2CCCCC2(C)C)cc1CC. The van der Waals surface area contributed by atoms with E-state index in [2.05, 4.69) is 58.3 Å². The second-order valence-electron chi connectivity index (χ2n) is 7.34. The van der Waals surface area contributed by atoms with Crippen LogP contribution in [0, 0.1) is 11.3 Å². The molecule has 118 valence electrons. The van der Waals surface area contributed by atoms with E-state index in [1.807, 2.05) is 0 Å². The standard InChI is InChI=1S/C20H33N/c1-6-15-11-12-17(14-16(15)7-2)19(21-5)18-10-8-9-13-20(18,3)4/h11-12,14,18-19,21H,6-10,13H2,1-5H3. The lowest BCUT2D eigenvalue weighted by atomic mass is 9.64. The van der Waals surface area contributed by atoms with Gasteiger partial charge in [-0.15, -0.1) is 0 Å². The van der Waals surface area contributed by atoms with Crippen molar-refractivity contribution in [2.45, 2.75) is 72.3 Å². The zero-order chi connectivity index (χ0) is 15.5. The fourth-order valence-corrected chi connectivity index (χ4v) is 4.25. The van der Waals surface area contributed by atoms with Crippen molar-refractivity contribution in [1.29, 1.82) is 0 Å². The molecule has 0 amide bonds. The summed E-state index contributed by atoms with van der Waals surface area (Å²) in [7, 11) is 2.13. The van der Waals surface area contributed by atoms with E-state index in [0.717, 1.165) is 18.8 Å². The number of benzene rings is 1. The van der Waals surface area contributed by atoms with Crippen molar-refractivity contribution < 1.29 is 0 Å². The molecular weight excluding hydrogens is 254 g/mol. The molecule has 2 unspecified atom stereocenters. The van der Waals surface area contributed by atoms with Crippen molar-refractivity contribution in [3.05, 3.63) is 34.9 Å². The highest BCUT2D eigenvalue weighted by Crippen LogP contribution is 2.46. The van der Waals surface area contributed by atoms with Gasteiger partial charge in [0.15, 0.2) is 0 Å². The Labute approximate surface area is 131 Å². The highest BCUT2D eigenvalue weighted by Gasteiger charge is 2.37. The van der Waals surface area contributed by atoms with Crippen LogP contribution < -0.4 is 5.32 Å². The molecule has 0 spiro atoms. The highest BCUT2D eigenvalue weighted by molar-refractivity contribution is 5.34. The summed E-state index contributed by atoms with van der Waals surface area (Å²) in [6, 6.07) is 7.68. The highest BCUT2D eigenvalue weighted by atomic mass is 14.9. The smallest absolute Gasteiger partial charge is 0.0351 e. The first kappa shape index (κ1) is 16.5. The molecule has 1 saturated carbocycles. The molecule has 2 atom stereocenters. The topological polar surface area (TPSA) is 12.0 Å². The Morgan fingerprint density at radius 1 is 1.14 bits per heavy atom. The number of hydrogen-bond donors (Lipinski definition) is 1. The summed E-state index contributed by atoms with van der Waals surface area (Å²) in [5.41, 5.74) is 4.98. The predicted molar refractivity (Wildman–Crippen MR) is 92.7 cm³/mol. The Morgan fingerprint density at radius 3 is 2.43 bits per heavy atom. The molecule has 0 aromatic heterocycles. The average molecular weight is 287 g/mol. The quantitative estimate of drug-likeness (QED) is 0.776. The zero-order valence-electron chi connectivity index (χ0n) is 14.6. The van der Waals surface area contributed by atoms with Crippen LogP contribution in [-0.2, 0) is 12.8 Å². The number of aryl methyl sites for hydroxylation is 2. The maximum atomic E-state index is 3.63. The lowest BCUT2D eigenvalue weighted by Crippen LogP contribution is -2.37. The minimum atomic E-state index is 0.446. The second kappa shape index (κ2) is 6.96. The van der Waals surface area contributed by atoms with E-state index in [1.165, 1.54) is 42.4 Å². The first-order chi connectivity index (χ1) is 10.0. The summed E-state index contributed by atoms with van der Waals surface area (Å²) in [5.74, 6) is 0.744. The molecule has 0 heterocycles. The van der Waals surface area contributed by atoms with Gasteiger partial charge in [0, 0.05) is 6.04 Å². The van der Waals surface area contributed by atoms with E-state index >= 15 is 0 Å². The molecule has 21 heavy (non-hydrogen) atoms. The molecule has 1 fully saturated rings. The maximum Gasteiger partial charge on any atom is 0.0351 e. The molecule has 1 aliphatic carbocycles. The first-order valence-corrected chi connectivity index (χ1v) is 8.82. The van der Waals surface area contributed by atoms with Crippen molar-refractivity contribution >= 4 is 0 Å². The molecule has 0 saturated heterocycles. The predicted octanol–water partition coefficient (Wildman–Crippen LogP) is 5.29. The van der Waals surface area contributed by atoms with Crippen molar-refractivity contribution in [1.82, 2.24) is 5.32 Å². The molecule has 1 N–H and O–H groups in total. The van der Waals surface area contributed by atoms with Crippen molar-refractivity contribution in [3.8, 4) is 0 Å². The van der Waals surface area contributed by atoms with Crippen molar-refractivity contribution in [2.24, 2.45) is 11.3 Å². The summed E-state index contributed by atoms with van der Waals surface area (Å²) in [5, 5.41) is 3.63. The Kier molecular flexibility index (Phi) is 5.48. The fraction of sp³-hybridized carbons (Fsp3) is 0.700. The van der Waals surface area contributed by atoms with Crippen LogP contribution >= 0.6 is 0 Å². The minimum absolute atomic E-state index is 0.446. The maximum absolute atomic E-state index is 3.63. The van der Waals surface area contributed by atoms with Gasteiger partial charge in [-0.3, -0.25) is 0 Å². The summed E-state index contributed by atoms with van der Waals surface area (Å²) < 4.78 is 0. The lowest BCUT2D eigenvalue weighted by Gasteiger charge is -2.43. The van der Waals surface area contributed by atoms with E-state index in [9.17, 15) is 0 Å². The van der Waals surface area contributed by atoms with E-state index in [0.29, 0.717) is 11.5 Å². The largest absolute Gasteiger partial charge is 0.313 e. The number of rotatable bonds is 5. The minimum Gasteiger partial charge on any atom is -0.313 e. The summed E-state index contributed by atoms with van der Waals surface area (Å²) in [4.78, 5) is 0. The normalized spacial score (nSPS) is 23.0. The van der Waals surface area contributed by atoms with Crippen LogP contribution in [0.25, 0.3) is 0 Å². The van der Waals surface area contributed by atoms with Gasteiger partial charge in [-0.1, -0.05) is 58.7 Å². The van der Waals surface area contributed by atoms with Gasteiger partial charge in [0.25, 0.3) is 0 Å². The van der Waals surface area contributed by atoms with Crippen LogP contribution in [0.15, 0.2) is 18.2 Å². The third-order valence-electron chi connectivity index (χ3n) is 5.65. The van der Waals surface area contributed by atoms with Crippen molar-refractivity contribution in [3.63, 3.8) is 0 Å². The van der Waals surface area contributed by atoms with Gasteiger partial charge >= 0.3 is 0 Å². The van der Waals surface area contributed by atoms with Gasteiger partial charge in [-0.2, -0.15) is 0 Å². The van der Waals surface area contributed by atoms with Gasteiger partial charge in [-0.05, 0) is 60.8 Å². The van der Waals surface area contributed by atoms with Crippen LogP contribution in [0.4, 0.5) is 0 Å². The fourth-order valence-electron chi connectivity index (χ4n) is 4.25. The number of hydrogen-bond acceptors (Lipinski definition) is 1. The zero-order valence-corrected chi connectivity index (χ0v) is 14.6. The monoisotopic (exact) mass is 287 g/mol. The van der Waals surface area contributed by atoms with Crippen LogP contribution in [0.5, 0.6) is 0 Å². The van der Waals surface area contributed by atoms with E-state index in [-0.39, 0.29) is 0 Å². The average Bonchev–Trinajstić information content (AvgIpc) is 2.49. The molecule has 1 heteroatoms. The third kappa shape index (κ3) is 3.51. The van der Waals surface area contributed by atoms with Crippen LogP contribution in [0.3, 0.4) is 0 Å². The molecule has 0 radical (unpaired) electrons. The van der Waals surface area contributed by atoms with E-state index < -0.39 is 0 Å². The molecule has 0 aliphatic heterocycles. The Morgan fingerprint density at radius 2 is 1.86 bits per heavy atom. The van der Waals surface area contributed by atoms with Crippen LogP contribution in [-0.4, -0.2) is 7.05 Å². The van der Waals surface area contributed by atoms with Crippen LogP contribution in [0.1, 0.15) is 76.1 Å². The van der Waals surface area contributed by atoms with Gasteiger partial charge in [0.2, 0.25) is 0 Å².